The van der Waals surface area contributed by atoms with Crippen molar-refractivity contribution in [1.82, 2.24) is 0 Å². The summed E-state index contributed by atoms with van der Waals surface area (Å²) in [6.07, 6.45) is 0. The minimum Gasteiger partial charge on any atom is -0.493 e. The Labute approximate surface area is 133 Å². The lowest BCUT2D eigenvalue weighted by Crippen LogP contribution is -2.09. The summed E-state index contributed by atoms with van der Waals surface area (Å²) in [4.78, 5) is 0. The molecule has 0 saturated heterocycles. The van der Waals surface area contributed by atoms with Gasteiger partial charge in [-0.05, 0) is 35.9 Å². The first kappa shape index (κ1) is 16.1. The Morgan fingerprint density at radius 2 is 1.78 bits per heavy atom. The van der Waals surface area contributed by atoms with Crippen LogP contribution in [0.2, 0.25) is 0 Å². The van der Waals surface area contributed by atoms with Crippen LogP contribution in [0, 0.1) is 28.5 Å². The van der Waals surface area contributed by atoms with Gasteiger partial charge in [0.05, 0.1) is 25.9 Å². The fraction of sp³-hybridized carbons (Fsp3) is 0.176. The minimum atomic E-state index is -0.706. The summed E-state index contributed by atoms with van der Waals surface area (Å²) in [5.41, 5.74) is 1.01. The number of ether oxygens (including phenoxy) is 2. The van der Waals surface area contributed by atoms with E-state index < -0.39 is 11.9 Å². The van der Waals surface area contributed by atoms with Gasteiger partial charge in [0.15, 0.2) is 11.5 Å². The van der Waals surface area contributed by atoms with Crippen molar-refractivity contribution in [2.24, 2.45) is 0 Å². The average molecular weight is 311 g/mol. The van der Waals surface area contributed by atoms with Crippen molar-refractivity contribution in [2.45, 2.75) is 6.04 Å². The maximum Gasteiger partial charge on any atom is 0.161 e. The number of hydrogen-bond donors (Lipinski definition) is 1. The fourth-order valence-corrected chi connectivity index (χ4v) is 2.08. The lowest BCUT2D eigenvalue weighted by atomic mass is 10.1. The van der Waals surface area contributed by atoms with E-state index in [1.165, 1.54) is 26.4 Å². The smallest absolute Gasteiger partial charge is 0.161 e. The van der Waals surface area contributed by atoms with Crippen LogP contribution in [0.1, 0.15) is 17.2 Å². The van der Waals surface area contributed by atoms with E-state index in [4.69, 9.17) is 14.7 Å². The second kappa shape index (κ2) is 7.15. The van der Waals surface area contributed by atoms with Gasteiger partial charge in [0.25, 0.3) is 0 Å². The first-order valence-electron chi connectivity index (χ1n) is 6.70. The molecular weight excluding hydrogens is 297 g/mol. The Bertz CT molecular complexity index is 793. The van der Waals surface area contributed by atoms with Crippen molar-refractivity contribution in [1.29, 1.82) is 10.5 Å². The zero-order valence-corrected chi connectivity index (χ0v) is 12.6. The van der Waals surface area contributed by atoms with Crippen molar-refractivity contribution in [3.05, 3.63) is 53.3 Å². The fourth-order valence-electron chi connectivity index (χ4n) is 2.08. The molecule has 2 aromatic rings. The van der Waals surface area contributed by atoms with Crippen LogP contribution >= 0.6 is 0 Å². The largest absolute Gasteiger partial charge is 0.493 e. The molecule has 0 spiro atoms. The maximum atomic E-state index is 13.6. The number of halogens is 1. The van der Waals surface area contributed by atoms with E-state index in [1.54, 1.807) is 30.3 Å². The Hall–Kier alpha value is -3.25. The Balaban J connectivity index is 2.29. The highest BCUT2D eigenvalue weighted by Crippen LogP contribution is 2.31. The van der Waals surface area contributed by atoms with Crippen molar-refractivity contribution in [3.63, 3.8) is 0 Å². The number of rotatable bonds is 5. The first-order chi connectivity index (χ1) is 11.1. The van der Waals surface area contributed by atoms with Crippen molar-refractivity contribution in [2.75, 3.05) is 19.5 Å². The molecule has 6 heteroatoms. The first-order valence-corrected chi connectivity index (χ1v) is 6.70. The molecule has 0 amide bonds. The summed E-state index contributed by atoms with van der Waals surface area (Å²) in [6.45, 7) is 0. The van der Waals surface area contributed by atoms with E-state index in [1.807, 2.05) is 0 Å². The minimum absolute atomic E-state index is 0.0461. The van der Waals surface area contributed by atoms with E-state index in [0.29, 0.717) is 22.7 Å². The van der Waals surface area contributed by atoms with Gasteiger partial charge in [-0.1, -0.05) is 6.07 Å². The zero-order chi connectivity index (χ0) is 16.8. The molecule has 0 aliphatic heterocycles. The normalized spacial score (nSPS) is 11.0. The van der Waals surface area contributed by atoms with E-state index in [0.717, 1.165) is 0 Å². The zero-order valence-electron chi connectivity index (χ0n) is 12.6. The highest BCUT2D eigenvalue weighted by Gasteiger charge is 2.14. The summed E-state index contributed by atoms with van der Waals surface area (Å²) in [6, 6.07) is 12.3. The van der Waals surface area contributed by atoms with Gasteiger partial charge in [-0.25, -0.2) is 4.39 Å². The van der Waals surface area contributed by atoms with E-state index in [-0.39, 0.29) is 5.56 Å². The third-order valence-corrected chi connectivity index (χ3v) is 3.27. The molecule has 0 bridgehead atoms. The molecular formula is C17H14FN3O2. The maximum absolute atomic E-state index is 13.6. The van der Waals surface area contributed by atoms with Crippen LogP contribution in [0.25, 0.3) is 0 Å². The standard InChI is InChI=1S/C17H14FN3O2/c1-22-16-6-4-11(7-17(16)23-2)15(10-20)21-13-5-3-12(9-19)14(18)8-13/h3-8,15,21H,1-2H3. The van der Waals surface area contributed by atoms with Crippen LogP contribution in [0.4, 0.5) is 10.1 Å². The summed E-state index contributed by atoms with van der Waals surface area (Å²) in [5, 5.41) is 21.0. The summed E-state index contributed by atoms with van der Waals surface area (Å²) in [5.74, 6) is 0.414. The third kappa shape index (κ3) is 3.50. The van der Waals surface area contributed by atoms with Gasteiger partial charge in [-0.15, -0.1) is 0 Å². The summed E-state index contributed by atoms with van der Waals surface area (Å²) < 4.78 is 24.0. The van der Waals surface area contributed by atoms with Gasteiger partial charge in [-0.2, -0.15) is 10.5 Å². The predicted octanol–water partition coefficient (Wildman–Crippen LogP) is 3.39. The van der Waals surface area contributed by atoms with E-state index >= 15 is 0 Å². The van der Waals surface area contributed by atoms with Crippen molar-refractivity contribution in [3.8, 4) is 23.6 Å². The lowest BCUT2D eigenvalue weighted by molar-refractivity contribution is 0.354. The Kier molecular flexibility index (Phi) is 5.01. The number of benzene rings is 2. The molecule has 2 rings (SSSR count). The molecule has 1 N–H and O–H groups in total. The number of hydrogen-bond acceptors (Lipinski definition) is 5. The molecule has 0 fully saturated rings. The monoisotopic (exact) mass is 311 g/mol. The van der Waals surface area contributed by atoms with Gasteiger partial charge < -0.3 is 14.8 Å². The SMILES string of the molecule is COc1ccc(C(C#N)Nc2ccc(C#N)c(F)c2)cc1OC. The summed E-state index contributed by atoms with van der Waals surface area (Å²) in [7, 11) is 3.03. The molecule has 1 unspecified atom stereocenters. The van der Waals surface area contributed by atoms with E-state index in [2.05, 4.69) is 11.4 Å². The molecule has 0 aliphatic rings. The molecule has 0 aliphatic carbocycles. The molecule has 0 aromatic heterocycles. The number of methoxy groups -OCH3 is 2. The van der Waals surface area contributed by atoms with Crippen LogP contribution in [0.5, 0.6) is 11.5 Å². The average Bonchev–Trinajstić information content (AvgIpc) is 2.59. The van der Waals surface area contributed by atoms with Crippen molar-refractivity contribution < 1.29 is 13.9 Å². The molecule has 23 heavy (non-hydrogen) atoms. The topological polar surface area (TPSA) is 78.1 Å². The Morgan fingerprint density at radius 1 is 1.04 bits per heavy atom. The highest BCUT2D eigenvalue weighted by molar-refractivity contribution is 5.52. The molecule has 2 aromatic carbocycles. The highest BCUT2D eigenvalue weighted by atomic mass is 19.1. The van der Waals surface area contributed by atoms with Crippen LogP contribution < -0.4 is 14.8 Å². The molecule has 0 saturated carbocycles. The number of anilines is 1. The molecule has 1 atom stereocenters. The van der Waals surface area contributed by atoms with Crippen molar-refractivity contribution >= 4 is 5.69 Å². The second-order valence-corrected chi connectivity index (χ2v) is 4.63. The molecule has 0 radical (unpaired) electrons. The van der Waals surface area contributed by atoms with Gasteiger partial charge in [0.1, 0.15) is 17.9 Å². The van der Waals surface area contributed by atoms with Crippen LogP contribution in [0.3, 0.4) is 0 Å². The van der Waals surface area contributed by atoms with Gasteiger partial charge >= 0.3 is 0 Å². The third-order valence-electron chi connectivity index (χ3n) is 3.27. The Morgan fingerprint density at radius 3 is 2.35 bits per heavy atom. The quantitative estimate of drug-likeness (QED) is 0.915. The molecule has 5 nitrogen and oxygen atoms in total. The van der Waals surface area contributed by atoms with Gasteiger partial charge in [0.2, 0.25) is 0 Å². The lowest BCUT2D eigenvalue weighted by Gasteiger charge is -2.16. The number of nitriles is 2. The second-order valence-electron chi connectivity index (χ2n) is 4.63. The molecule has 116 valence electrons. The van der Waals surface area contributed by atoms with Gasteiger partial charge in [0, 0.05) is 5.69 Å². The molecule has 0 heterocycles. The van der Waals surface area contributed by atoms with Crippen LogP contribution in [-0.4, -0.2) is 14.2 Å². The van der Waals surface area contributed by atoms with Crippen LogP contribution in [-0.2, 0) is 0 Å². The van der Waals surface area contributed by atoms with Gasteiger partial charge in [-0.3, -0.25) is 0 Å². The van der Waals surface area contributed by atoms with E-state index in [9.17, 15) is 9.65 Å². The van der Waals surface area contributed by atoms with Crippen LogP contribution in [0.15, 0.2) is 36.4 Å². The number of nitrogens with one attached hydrogen (secondary N) is 1. The predicted molar refractivity (Wildman–Crippen MR) is 82.6 cm³/mol. The number of nitrogens with zero attached hydrogens (tertiary/aromatic N) is 2. The summed E-state index contributed by atoms with van der Waals surface area (Å²) >= 11 is 0.